The van der Waals surface area contributed by atoms with Crippen molar-refractivity contribution in [2.24, 2.45) is 0 Å². The third-order valence-electron chi connectivity index (χ3n) is 11.4. The predicted octanol–water partition coefficient (Wildman–Crippen LogP) is 14.3. The largest absolute Gasteiger partial charge is 0.135 e. The number of benzene rings is 9. The minimum absolute atomic E-state index is 0.201. The number of fused-ring (bicyclic) bond motifs is 11. The monoisotopic (exact) mass is 652 g/mol. The summed E-state index contributed by atoms with van der Waals surface area (Å²) in [7, 11) is 0. The summed E-state index contributed by atoms with van der Waals surface area (Å²) in [5.74, 6) is 0. The number of rotatable bonds is 2. The summed E-state index contributed by atoms with van der Waals surface area (Å²) in [4.78, 5) is 0. The van der Waals surface area contributed by atoms with Gasteiger partial charge in [-0.15, -0.1) is 11.3 Å². The second-order valence-corrected chi connectivity index (χ2v) is 15.5. The molecule has 1 heteroatoms. The maximum atomic E-state index is 2.55. The molecule has 1 aliphatic carbocycles. The van der Waals surface area contributed by atoms with Gasteiger partial charge in [0.25, 0.3) is 0 Å². The van der Waals surface area contributed by atoms with Gasteiger partial charge >= 0.3 is 0 Å². The molecule has 0 atom stereocenters. The smallest absolute Gasteiger partial charge is 0.0437 e. The molecule has 0 aliphatic heterocycles. The molecule has 0 amide bonds. The van der Waals surface area contributed by atoms with E-state index < -0.39 is 0 Å². The Morgan fingerprint density at radius 1 is 0.400 bits per heavy atom. The molecule has 0 nitrogen and oxygen atoms in total. The first kappa shape index (κ1) is 28.1. The fourth-order valence-corrected chi connectivity index (χ4v) is 10.4. The molecule has 1 aliphatic rings. The van der Waals surface area contributed by atoms with E-state index in [1.165, 1.54) is 108 Å². The van der Waals surface area contributed by atoms with E-state index in [4.69, 9.17) is 0 Å². The molecule has 50 heavy (non-hydrogen) atoms. The van der Waals surface area contributed by atoms with E-state index in [1.807, 2.05) is 11.3 Å². The molecule has 0 saturated heterocycles. The Bertz CT molecular complexity index is 3010. The third kappa shape index (κ3) is 3.76. The van der Waals surface area contributed by atoms with Gasteiger partial charge in [-0.25, -0.2) is 0 Å². The van der Waals surface area contributed by atoms with Crippen molar-refractivity contribution in [3.05, 3.63) is 169 Å². The van der Waals surface area contributed by atoms with Crippen molar-refractivity contribution < 1.29 is 0 Å². The van der Waals surface area contributed by atoms with E-state index in [2.05, 4.69) is 172 Å². The average Bonchev–Trinajstić information content (AvgIpc) is 3.64. The van der Waals surface area contributed by atoms with Gasteiger partial charge in [0.05, 0.1) is 0 Å². The normalized spacial score (nSPS) is 13.6. The first-order valence-corrected chi connectivity index (χ1v) is 18.3. The van der Waals surface area contributed by atoms with E-state index in [9.17, 15) is 0 Å². The van der Waals surface area contributed by atoms with Crippen molar-refractivity contribution in [2.75, 3.05) is 0 Å². The lowest BCUT2D eigenvalue weighted by Gasteiger charge is -2.27. The van der Waals surface area contributed by atoms with Gasteiger partial charge in [-0.3, -0.25) is 0 Å². The summed E-state index contributed by atoms with van der Waals surface area (Å²) < 4.78 is 2.74. The fraction of sp³-hybridized carbons (Fsp3) is 0.0612. The first-order valence-electron chi connectivity index (χ1n) is 17.5. The summed E-state index contributed by atoms with van der Waals surface area (Å²) in [5.41, 5.74) is 10.7. The van der Waals surface area contributed by atoms with Crippen molar-refractivity contribution >= 4 is 74.6 Å². The highest BCUT2D eigenvalue weighted by Crippen LogP contribution is 2.59. The average molecular weight is 653 g/mol. The quantitative estimate of drug-likeness (QED) is 0.163. The Hall–Kier alpha value is -5.76. The summed E-state index contributed by atoms with van der Waals surface area (Å²) in [6.45, 7) is 4.89. The maximum Gasteiger partial charge on any atom is 0.0437 e. The fourth-order valence-electron chi connectivity index (χ4n) is 9.14. The van der Waals surface area contributed by atoms with Gasteiger partial charge in [-0.1, -0.05) is 141 Å². The lowest BCUT2D eigenvalue weighted by atomic mass is 9.76. The van der Waals surface area contributed by atoms with Gasteiger partial charge in [-0.2, -0.15) is 0 Å². The van der Waals surface area contributed by atoms with E-state index in [1.54, 1.807) is 0 Å². The van der Waals surface area contributed by atoms with Crippen LogP contribution in [0.3, 0.4) is 0 Å². The molecule has 0 saturated carbocycles. The molecule has 0 unspecified atom stereocenters. The van der Waals surface area contributed by atoms with E-state index in [0.717, 1.165) is 0 Å². The zero-order chi connectivity index (χ0) is 33.1. The summed E-state index contributed by atoms with van der Waals surface area (Å²) in [6, 6.07) is 59.1. The SMILES string of the molecule is CC1(C)c2cc3ccccc3cc2-c2c1c(-c1c3ccccc3c(-c3ccc4ccccc4c3)c3ccccc13)cc1c2sc2ccccc21. The van der Waals surface area contributed by atoms with Crippen molar-refractivity contribution in [1.82, 2.24) is 0 Å². The van der Waals surface area contributed by atoms with Crippen LogP contribution >= 0.6 is 11.3 Å². The highest BCUT2D eigenvalue weighted by atomic mass is 32.1. The van der Waals surface area contributed by atoms with Gasteiger partial charge in [0.15, 0.2) is 0 Å². The minimum Gasteiger partial charge on any atom is -0.135 e. The maximum absolute atomic E-state index is 2.55. The molecule has 0 radical (unpaired) electrons. The Morgan fingerprint density at radius 3 is 1.62 bits per heavy atom. The Kier molecular flexibility index (Phi) is 5.70. The van der Waals surface area contributed by atoms with Gasteiger partial charge in [0, 0.05) is 31.2 Å². The van der Waals surface area contributed by atoms with Crippen LogP contribution in [0.5, 0.6) is 0 Å². The van der Waals surface area contributed by atoms with E-state index in [-0.39, 0.29) is 5.41 Å². The van der Waals surface area contributed by atoms with Crippen LogP contribution in [0, 0.1) is 0 Å². The Balaban J connectivity index is 1.32. The van der Waals surface area contributed by atoms with Crippen LogP contribution in [0.15, 0.2) is 158 Å². The van der Waals surface area contributed by atoms with Gasteiger partial charge < -0.3 is 0 Å². The van der Waals surface area contributed by atoms with Gasteiger partial charge in [0.2, 0.25) is 0 Å². The molecule has 234 valence electrons. The number of hydrogen-bond acceptors (Lipinski definition) is 1. The minimum atomic E-state index is -0.201. The molecule has 0 fully saturated rings. The van der Waals surface area contributed by atoms with Gasteiger partial charge in [0.1, 0.15) is 0 Å². The summed E-state index contributed by atoms with van der Waals surface area (Å²) in [6.07, 6.45) is 0. The predicted molar refractivity (Wildman–Crippen MR) is 218 cm³/mol. The summed E-state index contributed by atoms with van der Waals surface area (Å²) in [5, 5.41) is 13.0. The molecular formula is C49H32S. The topological polar surface area (TPSA) is 0 Å². The molecule has 9 aromatic carbocycles. The van der Waals surface area contributed by atoms with Crippen LogP contribution in [-0.2, 0) is 5.41 Å². The van der Waals surface area contributed by atoms with E-state index >= 15 is 0 Å². The van der Waals surface area contributed by atoms with E-state index in [0.29, 0.717) is 0 Å². The van der Waals surface area contributed by atoms with Crippen molar-refractivity contribution in [3.63, 3.8) is 0 Å². The van der Waals surface area contributed by atoms with Crippen molar-refractivity contribution in [3.8, 4) is 33.4 Å². The first-order chi connectivity index (χ1) is 24.6. The molecule has 0 bridgehead atoms. The molecule has 11 rings (SSSR count). The molecule has 0 spiro atoms. The highest BCUT2D eigenvalue weighted by molar-refractivity contribution is 7.26. The van der Waals surface area contributed by atoms with Crippen LogP contribution in [0.4, 0.5) is 0 Å². The van der Waals surface area contributed by atoms with Crippen LogP contribution in [-0.4, -0.2) is 0 Å². The molecule has 0 N–H and O–H groups in total. The Morgan fingerprint density at radius 2 is 0.940 bits per heavy atom. The van der Waals surface area contributed by atoms with Crippen molar-refractivity contribution in [1.29, 1.82) is 0 Å². The third-order valence-corrected chi connectivity index (χ3v) is 12.6. The van der Waals surface area contributed by atoms with Crippen LogP contribution in [0.25, 0.3) is 96.6 Å². The molecular weight excluding hydrogens is 621 g/mol. The van der Waals surface area contributed by atoms with Crippen LogP contribution < -0.4 is 0 Å². The molecule has 1 aromatic heterocycles. The summed E-state index contributed by atoms with van der Waals surface area (Å²) >= 11 is 1.95. The Labute approximate surface area is 294 Å². The van der Waals surface area contributed by atoms with Crippen LogP contribution in [0.2, 0.25) is 0 Å². The second-order valence-electron chi connectivity index (χ2n) is 14.4. The van der Waals surface area contributed by atoms with Crippen LogP contribution in [0.1, 0.15) is 25.0 Å². The second kappa shape index (κ2) is 10.1. The number of hydrogen-bond donors (Lipinski definition) is 0. The zero-order valence-electron chi connectivity index (χ0n) is 27.9. The molecule has 10 aromatic rings. The number of thiophene rings is 1. The van der Waals surface area contributed by atoms with Crippen molar-refractivity contribution in [2.45, 2.75) is 19.3 Å². The van der Waals surface area contributed by atoms with Gasteiger partial charge in [-0.05, 0) is 112 Å². The molecule has 1 heterocycles. The standard InChI is InChI=1S/C49H32S/c1-49(2)42-27-32-16-6-5-15-31(32)26-40(42)46-47(49)41(28-39-34-17-11-12-22-43(34)50-48(39)46)45-37-20-9-7-18-35(37)44(36-19-8-10-21-38(36)45)33-24-23-29-13-3-4-14-30(29)25-33/h3-28H,1-2H3. The highest BCUT2D eigenvalue weighted by Gasteiger charge is 2.40. The zero-order valence-corrected chi connectivity index (χ0v) is 28.7. The lowest BCUT2D eigenvalue weighted by molar-refractivity contribution is 0.663. The lowest BCUT2D eigenvalue weighted by Crippen LogP contribution is -2.16.